The molecule has 7 heteroatoms. The second kappa shape index (κ2) is 9.21. The molecule has 144 valence electrons. The Bertz CT molecular complexity index is 745. The molecule has 1 aliphatic heterocycles. The van der Waals surface area contributed by atoms with Gasteiger partial charge in [0.25, 0.3) is 0 Å². The van der Waals surface area contributed by atoms with Gasteiger partial charge in [-0.2, -0.15) is 0 Å². The number of piperidine rings is 1. The quantitative estimate of drug-likeness (QED) is 0.724. The van der Waals surface area contributed by atoms with E-state index in [0.29, 0.717) is 18.1 Å². The van der Waals surface area contributed by atoms with Crippen LogP contribution >= 0.6 is 0 Å². The molecular weight excluding hydrogens is 342 g/mol. The van der Waals surface area contributed by atoms with Crippen LogP contribution in [0.1, 0.15) is 25.3 Å². The number of aromatic nitrogens is 2. The van der Waals surface area contributed by atoms with Gasteiger partial charge in [0.05, 0.1) is 12.5 Å². The molecule has 0 radical (unpaired) electrons. The monoisotopic (exact) mass is 369 g/mol. The van der Waals surface area contributed by atoms with Crippen LogP contribution in [0.15, 0.2) is 36.7 Å². The highest BCUT2D eigenvalue weighted by molar-refractivity contribution is 5.76. The van der Waals surface area contributed by atoms with Crippen LogP contribution in [0, 0.1) is 5.92 Å². The lowest BCUT2D eigenvalue weighted by atomic mass is 9.97. The van der Waals surface area contributed by atoms with E-state index in [0.717, 1.165) is 44.7 Å². The Kier molecular flexibility index (Phi) is 6.46. The molecule has 2 aromatic rings. The zero-order chi connectivity index (χ0) is 19.1. The molecule has 0 spiro atoms. The number of carbonyl (C=O) groups excluding carboxylic acids is 1. The molecule has 0 atom stereocenters. The molecule has 7 nitrogen and oxygen atoms in total. The number of hydrogen-bond acceptors (Lipinski definition) is 7. The molecule has 0 unspecified atom stereocenters. The van der Waals surface area contributed by atoms with Gasteiger partial charge in [-0.15, -0.1) is 0 Å². The predicted molar refractivity (Wildman–Crippen MR) is 107 cm³/mol. The average molecular weight is 369 g/mol. The first-order valence-corrected chi connectivity index (χ1v) is 9.49. The maximum Gasteiger partial charge on any atom is 0.309 e. The van der Waals surface area contributed by atoms with Gasteiger partial charge in [-0.05, 0) is 31.7 Å². The fourth-order valence-corrected chi connectivity index (χ4v) is 3.34. The van der Waals surface area contributed by atoms with Crippen LogP contribution in [0.25, 0.3) is 0 Å². The number of ether oxygens (including phenoxy) is 1. The third-order valence-electron chi connectivity index (χ3n) is 4.83. The standard InChI is InChI=1S/C20H27N5O2/c1-2-27-20(26)16-9-12-25(13-10-16)19-17(21)18(23-14-24-19)22-11-8-15-6-4-3-5-7-15/h3-7,14,16H,2,8-13,21H2,1H3,(H,22,23,24). The highest BCUT2D eigenvalue weighted by Gasteiger charge is 2.27. The van der Waals surface area contributed by atoms with Gasteiger partial charge in [-0.25, -0.2) is 9.97 Å². The fraction of sp³-hybridized carbons (Fsp3) is 0.450. The van der Waals surface area contributed by atoms with Crippen LogP contribution in [-0.4, -0.2) is 42.2 Å². The first-order chi connectivity index (χ1) is 13.2. The van der Waals surface area contributed by atoms with Crippen LogP contribution in [0.4, 0.5) is 17.3 Å². The van der Waals surface area contributed by atoms with E-state index in [1.54, 1.807) is 0 Å². The number of nitrogen functional groups attached to an aromatic ring is 1. The third kappa shape index (κ3) is 4.87. The zero-order valence-corrected chi connectivity index (χ0v) is 15.7. The number of nitrogens with two attached hydrogens (primary N) is 1. The van der Waals surface area contributed by atoms with Gasteiger partial charge in [-0.3, -0.25) is 4.79 Å². The van der Waals surface area contributed by atoms with Gasteiger partial charge in [0.1, 0.15) is 12.0 Å². The van der Waals surface area contributed by atoms with E-state index in [9.17, 15) is 4.79 Å². The number of rotatable bonds is 7. The second-order valence-corrected chi connectivity index (χ2v) is 6.64. The van der Waals surface area contributed by atoms with E-state index < -0.39 is 0 Å². The van der Waals surface area contributed by atoms with Gasteiger partial charge in [-0.1, -0.05) is 30.3 Å². The van der Waals surface area contributed by atoms with Crippen LogP contribution in [0.3, 0.4) is 0 Å². The van der Waals surface area contributed by atoms with Crippen molar-refractivity contribution in [3.05, 3.63) is 42.2 Å². The van der Waals surface area contributed by atoms with Crippen LogP contribution in [0.5, 0.6) is 0 Å². The molecule has 0 bridgehead atoms. The largest absolute Gasteiger partial charge is 0.466 e. The Balaban J connectivity index is 1.57. The zero-order valence-electron chi connectivity index (χ0n) is 15.7. The summed E-state index contributed by atoms with van der Waals surface area (Å²) in [5.41, 5.74) is 8.13. The minimum absolute atomic E-state index is 0.0345. The average Bonchev–Trinajstić information content (AvgIpc) is 2.70. The van der Waals surface area contributed by atoms with Gasteiger partial charge < -0.3 is 20.7 Å². The van der Waals surface area contributed by atoms with Crippen molar-refractivity contribution in [1.29, 1.82) is 0 Å². The lowest BCUT2D eigenvalue weighted by molar-refractivity contribution is -0.148. The molecule has 0 saturated carbocycles. The van der Waals surface area contributed by atoms with Crippen molar-refractivity contribution in [2.45, 2.75) is 26.2 Å². The summed E-state index contributed by atoms with van der Waals surface area (Å²) in [4.78, 5) is 22.7. The van der Waals surface area contributed by atoms with Crippen molar-refractivity contribution in [2.75, 3.05) is 42.2 Å². The Morgan fingerprint density at radius 1 is 1.26 bits per heavy atom. The number of anilines is 3. The van der Waals surface area contributed by atoms with Crippen molar-refractivity contribution in [3.63, 3.8) is 0 Å². The highest BCUT2D eigenvalue weighted by atomic mass is 16.5. The van der Waals surface area contributed by atoms with Crippen LogP contribution < -0.4 is 16.0 Å². The summed E-state index contributed by atoms with van der Waals surface area (Å²) in [5, 5.41) is 3.31. The Hall–Kier alpha value is -2.83. The highest BCUT2D eigenvalue weighted by Crippen LogP contribution is 2.30. The van der Waals surface area contributed by atoms with E-state index in [2.05, 4.69) is 32.3 Å². The minimum Gasteiger partial charge on any atom is -0.466 e. The maximum absolute atomic E-state index is 11.9. The summed E-state index contributed by atoms with van der Waals surface area (Å²) < 4.78 is 5.13. The first-order valence-electron chi connectivity index (χ1n) is 9.49. The predicted octanol–water partition coefficient (Wildman–Crippen LogP) is 2.49. The first kappa shape index (κ1) is 18.9. The van der Waals surface area contributed by atoms with Crippen molar-refractivity contribution >= 4 is 23.3 Å². The summed E-state index contributed by atoms with van der Waals surface area (Å²) in [6.45, 7) is 4.47. The summed E-state index contributed by atoms with van der Waals surface area (Å²) >= 11 is 0. The van der Waals surface area contributed by atoms with Crippen molar-refractivity contribution in [2.24, 2.45) is 5.92 Å². The molecule has 0 amide bonds. The maximum atomic E-state index is 11.9. The lowest BCUT2D eigenvalue weighted by Gasteiger charge is -2.32. The van der Waals surface area contributed by atoms with E-state index in [4.69, 9.17) is 10.5 Å². The Morgan fingerprint density at radius 3 is 2.70 bits per heavy atom. The number of nitrogens with zero attached hydrogens (tertiary/aromatic N) is 3. The molecule has 3 rings (SSSR count). The van der Waals surface area contributed by atoms with Crippen molar-refractivity contribution in [3.8, 4) is 0 Å². The van der Waals surface area contributed by atoms with Gasteiger partial charge in [0.15, 0.2) is 11.6 Å². The van der Waals surface area contributed by atoms with Gasteiger partial charge in [0, 0.05) is 19.6 Å². The van der Waals surface area contributed by atoms with Crippen LogP contribution in [0.2, 0.25) is 0 Å². The van der Waals surface area contributed by atoms with E-state index in [1.807, 2.05) is 25.1 Å². The number of hydrogen-bond donors (Lipinski definition) is 2. The summed E-state index contributed by atoms with van der Waals surface area (Å²) in [7, 11) is 0. The molecule has 1 aliphatic rings. The van der Waals surface area contributed by atoms with E-state index in [-0.39, 0.29) is 11.9 Å². The molecule has 1 aromatic carbocycles. The number of esters is 1. The van der Waals surface area contributed by atoms with E-state index >= 15 is 0 Å². The van der Waals surface area contributed by atoms with Crippen molar-refractivity contribution in [1.82, 2.24) is 9.97 Å². The topological polar surface area (TPSA) is 93.4 Å². The summed E-state index contributed by atoms with van der Waals surface area (Å²) in [6, 6.07) is 10.3. The Labute approximate surface area is 159 Å². The number of carbonyl (C=O) groups is 1. The summed E-state index contributed by atoms with van der Waals surface area (Å²) in [6.07, 6.45) is 3.93. The van der Waals surface area contributed by atoms with Crippen LogP contribution in [-0.2, 0) is 16.0 Å². The van der Waals surface area contributed by atoms with Gasteiger partial charge in [0.2, 0.25) is 0 Å². The third-order valence-corrected chi connectivity index (χ3v) is 4.83. The molecule has 0 aliphatic carbocycles. The minimum atomic E-state index is -0.101. The normalized spacial score (nSPS) is 14.8. The van der Waals surface area contributed by atoms with Gasteiger partial charge >= 0.3 is 5.97 Å². The molecular formula is C20H27N5O2. The fourth-order valence-electron chi connectivity index (χ4n) is 3.34. The molecule has 3 N–H and O–H groups in total. The molecule has 27 heavy (non-hydrogen) atoms. The number of benzene rings is 1. The number of nitrogens with one attached hydrogen (secondary N) is 1. The molecule has 1 saturated heterocycles. The smallest absolute Gasteiger partial charge is 0.309 e. The van der Waals surface area contributed by atoms with E-state index in [1.165, 1.54) is 11.9 Å². The summed E-state index contributed by atoms with van der Waals surface area (Å²) in [5.74, 6) is 1.25. The Morgan fingerprint density at radius 2 is 2.00 bits per heavy atom. The molecule has 1 aromatic heterocycles. The second-order valence-electron chi connectivity index (χ2n) is 6.64. The van der Waals surface area contributed by atoms with Crippen molar-refractivity contribution < 1.29 is 9.53 Å². The SMILES string of the molecule is CCOC(=O)C1CCN(c2ncnc(NCCc3ccccc3)c2N)CC1. The molecule has 2 heterocycles. The lowest BCUT2D eigenvalue weighted by Crippen LogP contribution is -2.38. The molecule has 1 fully saturated rings.